The van der Waals surface area contributed by atoms with Crippen LogP contribution in [0.25, 0.3) is 0 Å². The standard InChI is InChI=1S/C12H24O5S2/c1-18-10-7-16-5-3-15-4-6-17-8-11-19-9-2-12(13)14/h2-11H2,1H3,(H,13,14). The predicted octanol–water partition coefficient (Wildman–Crippen LogP) is 1.61. The number of aliphatic carboxylic acids is 1. The fourth-order valence-electron chi connectivity index (χ4n) is 1.06. The van der Waals surface area contributed by atoms with Crippen LogP contribution in [-0.2, 0) is 19.0 Å². The van der Waals surface area contributed by atoms with E-state index in [0.29, 0.717) is 38.8 Å². The molecule has 0 atom stereocenters. The number of hydrogen-bond donors (Lipinski definition) is 1. The molecule has 0 saturated heterocycles. The molecule has 19 heavy (non-hydrogen) atoms. The monoisotopic (exact) mass is 312 g/mol. The third-order valence-electron chi connectivity index (χ3n) is 2.01. The van der Waals surface area contributed by atoms with Crippen LogP contribution in [-0.4, -0.2) is 74.2 Å². The lowest BCUT2D eigenvalue weighted by Crippen LogP contribution is -2.11. The molecule has 0 fully saturated rings. The summed E-state index contributed by atoms with van der Waals surface area (Å²) in [4.78, 5) is 10.2. The van der Waals surface area contributed by atoms with E-state index in [1.165, 1.54) is 0 Å². The molecule has 0 amide bonds. The highest BCUT2D eigenvalue weighted by molar-refractivity contribution is 7.99. The minimum Gasteiger partial charge on any atom is -0.481 e. The number of ether oxygens (including phenoxy) is 3. The Morgan fingerprint density at radius 1 is 0.895 bits per heavy atom. The Bertz CT molecular complexity index is 205. The first kappa shape index (κ1) is 19.1. The largest absolute Gasteiger partial charge is 0.481 e. The second kappa shape index (κ2) is 16.1. The zero-order valence-electron chi connectivity index (χ0n) is 11.5. The number of carboxylic acids is 1. The van der Waals surface area contributed by atoms with Gasteiger partial charge >= 0.3 is 5.97 Å². The van der Waals surface area contributed by atoms with Crippen molar-refractivity contribution in [2.75, 3.05) is 63.2 Å². The first-order valence-corrected chi connectivity index (χ1v) is 8.84. The van der Waals surface area contributed by atoms with Gasteiger partial charge in [-0.25, -0.2) is 0 Å². The van der Waals surface area contributed by atoms with Gasteiger partial charge in [-0.2, -0.15) is 23.5 Å². The molecule has 0 aromatic carbocycles. The Labute approximate surface area is 123 Å². The van der Waals surface area contributed by atoms with Crippen LogP contribution in [0.2, 0.25) is 0 Å². The number of thioether (sulfide) groups is 2. The molecule has 0 aliphatic carbocycles. The van der Waals surface area contributed by atoms with Gasteiger partial charge in [-0.05, 0) is 6.26 Å². The number of rotatable bonds is 15. The quantitative estimate of drug-likeness (QED) is 0.461. The van der Waals surface area contributed by atoms with Crippen molar-refractivity contribution in [3.63, 3.8) is 0 Å². The van der Waals surface area contributed by atoms with E-state index < -0.39 is 5.97 Å². The fraction of sp³-hybridized carbons (Fsp3) is 0.917. The average molecular weight is 312 g/mol. The van der Waals surface area contributed by atoms with Crippen LogP contribution in [0.3, 0.4) is 0 Å². The summed E-state index contributed by atoms with van der Waals surface area (Å²) in [7, 11) is 0. The van der Waals surface area contributed by atoms with Gasteiger partial charge in [0.15, 0.2) is 0 Å². The lowest BCUT2D eigenvalue weighted by atomic mass is 10.5. The number of carbonyl (C=O) groups is 1. The lowest BCUT2D eigenvalue weighted by Gasteiger charge is -2.06. The molecule has 0 aromatic rings. The maximum Gasteiger partial charge on any atom is 0.304 e. The van der Waals surface area contributed by atoms with Gasteiger partial charge in [0.2, 0.25) is 0 Å². The minimum absolute atomic E-state index is 0.213. The van der Waals surface area contributed by atoms with Crippen molar-refractivity contribution in [2.45, 2.75) is 6.42 Å². The van der Waals surface area contributed by atoms with Gasteiger partial charge in [-0.1, -0.05) is 0 Å². The van der Waals surface area contributed by atoms with Gasteiger partial charge in [0.05, 0.1) is 46.1 Å². The van der Waals surface area contributed by atoms with Crippen molar-refractivity contribution in [1.29, 1.82) is 0 Å². The molecule has 0 rings (SSSR count). The normalized spacial score (nSPS) is 10.8. The van der Waals surface area contributed by atoms with E-state index in [1.807, 2.05) is 0 Å². The number of carboxylic acid groups (broad SMARTS) is 1. The predicted molar refractivity (Wildman–Crippen MR) is 80.4 cm³/mol. The van der Waals surface area contributed by atoms with Crippen molar-refractivity contribution in [2.24, 2.45) is 0 Å². The van der Waals surface area contributed by atoms with E-state index in [-0.39, 0.29) is 6.42 Å². The molecule has 0 radical (unpaired) electrons. The average Bonchev–Trinajstić information content (AvgIpc) is 2.39. The summed E-state index contributed by atoms with van der Waals surface area (Å²) in [6.07, 6.45) is 2.27. The third kappa shape index (κ3) is 18.1. The van der Waals surface area contributed by atoms with Gasteiger partial charge < -0.3 is 19.3 Å². The van der Waals surface area contributed by atoms with Crippen molar-refractivity contribution in [3.05, 3.63) is 0 Å². The maximum absolute atomic E-state index is 10.2. The summed E-state index contributed by atoms with van der Waals surface area (Å²) in [5.74, 6) is 1.73. The van der Waals surface area contributed by atoms with Crippen LogP contribution in [0.15, 0.2) is 0 Å². The fourth-order valence-corrected chi connectivity index (χ4v) is 2.11. The molecule has 5 nitrogen and oxygen atoms in total. The van der Waals surface area contributed by atoms with Crippen molar-refractivity contribution < 1.29 is 24.1 Å². The first-order valence-electron chi connectivity index (χ1n) is 6.29. The van der Waals surface area contributed by atoms with E-state index in [9.17, 15) is 4.79 Å². The lowest BCUT2D eigenvalue weighted by molar-refractivity contribution is -0.136. The van der Waals surface area contributed by atoms with Gasteiger partial charge in [0.1, 0.15) is 0 Å². The van der Waals surface area contributed by atoms with Gasteiger partial charge in [-0.15, -0.1) is 0 Å². The molecule has 7 heteroatoms. The Morgan fingerprint density at radius 2 is 1.42 bits per heavy atom. The summed E-state index contributed by atoms with van der Waals surface area (Å²) in [5.41, 5.74) is 0. The minimum atomic E-state index is -0.749. The Balaban J connectivity index is 2.93. The highest BCUT2D eigenvalue weighted by Crippen LogP contribution is 2.01. The van der Waals surface area contributed by atoms with Crippen LogP contribution in [0.5, 0.6) is 0 Å². The molecule has 0 unspecified atom stereocenters. The number of hydrogen-bond acceptors (Lipinski definition) is 6. The first-order chi connectivity index (χ1) is 9.27. The van der Waals surface area contributed by atoms with Crippen molar-refractivity contribution in [3.8, 4) is 0 Å². The van der Waals surface area contributed by atoms with E-state index in [2.05, 4.69) is 6.26 Å². The maximum atomic E-state index is 10.2. The van der Waals surface area contributed by atoms with Crippen molar-refractivity contribution in [1.82, 2.24) is 0 Å². The second-order valence-corrected chi connectivity index (χ2v) is 5.80. The summed E-state index contributed by atoms with van der Waals surface area (Å²) in [6, 6.07) is 0. The van der Waals surface area contributed by atoms with Crippen LogP contribution in [0, 0.1) is 0 Å². The summed E-state index contributed by atoms with van der Waals surface area (Å²) in [5, 5.41) is 8.43. The van der Waals surface area contributed by atoms with Crippen LogP contribution < -0.4 is 0 Å². The zero-order chi connectivity index (χ0) is 14.2. The van der Waals surface area contributed by atoms with Crippen LogP contribution in [0.1, 0.15) is 6.42 Å². The molecule has 1 N–H and O–H groups in total. The summed E-state index contributed by atoms with van der Waals surface area (Å²) >= 11 is 3.36. The molecule has 0 heterocycles. The Hall–Kier alpha value is 0.0500. The van der Waals surface area contributed by atoms with Crippen LogP contribution in [0.4, 0.5) is 0 Å². The highest BCUT2D eigenvalue weighted by atomic mass is 32.2. The van der Waals surface area contributed by atoms with E-state index in [4.69, 9.17) is 19.3 Å². The SMILES string of the molecule is CSCCOCCOCCOCCSCCC(=O)O. The smallest absolute Gasteiger partial charge is 0.304 e. The second-order valence-electron chi connectivity index (χ2n) is 3.59. The van der Waals surface area contributed by atoms with Gasteiger partial charge in [0.25, 0.3) is 0 Å². The highest BCUT2D eigenvalue weighted by Gasteiger charge is 1.96. The van der Waals surface area contributed by atoms with Gasteiger partial charge in [0, 0.05) is 17.3 Å². The topological polar surface area (TPSA) is 65.0 Å². The molecule has 0 aliphatic heterocycles. The zero-order valence-corrected chi connectivity index (χ0v) is 13.1. The summed E-state index contributed by atoms with van der Waals surface area (Å²) < 4.78 is 16.0. The Kier molecular flexibility index (Phi) is 16.1. The van der Waals surface area contributed by atoms with E-state index in [0.717, 1.165) is 18.1 Å². The molecule has 0 aliphatic rings. The molecular weight excluding hydrogens is 288 g/mol. The molecule has 0 spiro atoms. The molecule has 0 aromatic heterocycles. The third-order valence-corrected chi connectivity index (χ3v) is 3.53. The molecule has 114 valence electrons. The molecule has 0 saturated carbocycles. The van der Waals surface area contributed by atoms with Crippen LogP contribution >= 0.6 is 23.5 Å². The van der Waals surface area contributed by atoms with Crippen molar-refractivity contribution >= 4 is 29.5 Å². The molecule has 0 bridgehead atoms. The van der Waals surface area contributed by atoms with E-state index >= 15 is 0 Å². The summed E-state index contributed by atoms with van der Waals surface area (Å²) in [6.45, 7) is 3.79. The van der Waals surface area contributed by atoms with E-state index in [1.54, 1.807) is 23.5 Å². The molecular formula is C12H24O5S2. The Morgan fingerprint density at radius 3 is 1.95 bits per heavy atom. The van der Waals surface area contributed by atoms with Gasteiger partial charge in [-0.3, -0.25) is 4.79 Å².